The third-order valence-electron chi connectivity index (χ3n) is 2.83. The van der Waals surface area contributed by atoms with Gasteiger partial charge in [0.05, 0.1) is 13.2 Å². The lowest BCUT2D eigenvalue weighted by atomic mass is 10.2. The molecule has 0 spiro atoms. The summed E-state index contributed by atoms with van der Waals surface area (Å²) in [6.45, 7) is 1.36. The molecule has 2 rings (SSSR count). The van der Waals surface area contributed by atoms with Crippen LogP contribution in [-0.4, -0.2) is 36.1 Å². The van der Waals surface area contributed by atoms with Gasteiger partial charge in [0, 0.05) is 37.0 Å². The molecule has 0 radical (unpaired) electrons. The second-order valence-electron chi connectivity index (χ2n) is 4.22. The van der Waals surface area contributed by atoms with Crippen LogP contribution in [-0.2, 0) is 11.3 Å². The summed E-state index contributed by atoms with van der Waals surface area (Å²) in [5, 5.41) is 1.96. The number of carbonyl (C=O) groups excluding carboxylic acids is 1. The largest absolute Gasteiger partial charge is 0.383 e. The molecule has 0 unspecified atom stereocenters. The Bertz CT molecular complexity index is 607. The molecule has 5 nitrogen and oxygen atoms in total. The fraction of sp³-hybridized carbons (Fsp3) is 0.286. The zero-order valence-corrected chi connectivity index (χ0v) is 12.0. The molecule has 0 fully saturated rings. The van der Waals surface area contributed by atoms with E-state index in [2.05, 4.69) is 4.98 Å². The molecule has 0 atom stereocenters. The summed E-state index contributed by atoms with van der Waals surface area (Å²) in [7, 11) is 1.59. The van der Waals surface area contributed by atoms with Gasteiger partial charge in [-0.2, -0.15) is 0 Å². The van der Waals surface area contributed by atoms with Crippen molar-refractivity contribution in [2.24, 2.45) is 0 Å². The van der Waals surface area contributed by atoms with Gasteiger partial charge in [0.2, 0.25) is 0 Å². The van der Waals surface area contributed by atoms with Crippen LogP contribution in [0.1, 0.15) is 15.2 Å². The van der Waals surface area contributed by atoms with Crippen molar-refractivity contribution in [3.8, 4) is 0 Å². The molecule has 6 heteroatoms. The number of rotatable bonds is 6. The van der Waals surface area contributed by atoms with Crippen LogP contribution in [0.25, 0.3) is 0 Å². The summed E-state index contributed by atoms with van der Waals surface area (Å²) < 4.78 is 5.03. The minimum absolute atomic E-state index is 0.153. The number of ether oxygens (including phenoxy) is 1. The van der Waals surface area contributed by atoms with E-state index >= 15 is 0 Å². The van der Waals surface area contributed by atoms with Crippen molar-refractivity contribution in [3.63, 3.8) is 0 Å². The quantitative estimate of drug-likeness (QED) is 0.882. The van der Waals surface area contributed by atoms with Crippen LogP contribution >= 0.6 is 11.3 Å². The number of thiophene rings is 1. The third kappa shape index (κ3) is 3.55. The Kier molecular flexibility index (Phi) is 5.09. The van der Waals surface area contributed by atoms with Crippen LogP contribution in [0.5, 0.6) is 0 Å². The second kappa shape index (κ2) is 7.02. The van der Waals surface area contributed by atoms with Gasteiger partial charge in [-0.05, 0) is 11.4 Å². The number of nitrogens with one attached hydrogen (secondary N) is 1. The molecule has 2 heterocycles. The third-order valence-corrected chi connectivity index (χ3v) is 3.69. The van der Waals surface area contributed by atoms with Crippen LogP contribution in [0.4, 0.5) is 0 Å². The zero-order valence-electron chi connectivity index (χ0n) is 11.2. The first-order valence-corrected chi connectivity index (χ1v) is 7.08. The molecular weight excluding hydrogens is 276 g/mol. The highest BCUT2D eigenvalue weighted by atomic mass is 32.1. The maximum absolute atomic E-state index is 12.5. The Labute approximate surface area is 120 Å². The summed E-state index contributed by atoms with van der Waals surface area (Å²) in [5.41, 5.74) is -0.123. The van der Waals surface area contributed by atoms with Crippen molar-refractivity contribution in [1.82, 2.24) is 9.88 Å². The molecule has 0 aromatic carbocycles. The topological polar surface area (TPSA) is 62.4 Å². The number of hydrogen-bond donors (Lipinski definition) is 1. The van der Waals surface area contributed by atoms with Crippen molar-refractivity contribution in [3.05, 3.63) is 56.6 Å². The van der Waals surface area contributed by atoms with Crippen molar-refractivity contribution in [2.45, 2.75) is 6.54 Å². The molecule has 0 saturated heterocycles. The fourth-order valence-electron chi connectivity index (χ4n) is 1.80. The van der Waals surface area contributed by atoms with E-state index in [-0.39, 0.29) is 16.9 Å². The molecule has 0 aliphatic rings. The number of aromatic amines is 1. The molecule has 2 aromatic heterocycles. The normalized spacial score (nSPS) is 10.4. The lowest BCUT2D eigenvalue weighted by Gasteiger charge is -2.21. The first-order chi connectivity index (χ1) is 9.72. The van der Waals surface area contributed by atoms with Gasteiger partial charge < -0.3 is 14.6 Å². The van der Waals surface area contributed by atoms with Gasteiger partial charge >= 0.3 is 0 Å². The van der Waals surface area contributed by atoms with Crippen molar-refractivity contribution in [1.29, 1.82) is 0 Å². The van der Waals surface area contributed by atoms with Crippen LogP contribution in [0.2, 0.25) is 0 Å². The van der Waals surface area contributed by atoms with Crippen LogP contribution in [0.15, 0.2) is 40.8 Å². The number of hydrogen-bond acceptors (Lipinski definition) is 4. The van der Waals surface area contributed by atoms with Gasteiger partial charge in [0.1, 0.15) is 5.56 Å². The van der Waals surface area contributed by atoms with Crippen LogP contribution in [0.3, 0.4) is 0 Å². The minimum atomic E-state index is -0.280. The average Bonchev–Trinajstić information content (AvgIpc) is 2.96. The number of H-pyrrole nitrogens is 1. The van der Waals surface area contributed by atoms with E-state index in [9.17, 15) is 9.59 Å². The van der Waals surface area contributed by atoms with Crippen LogP contribution in [0, 0.1) is 0 Å². The first kappa shape index (κ1) is 14.5. The number of nitrogens with zero attached hydrogens (tertiary/aromatic N) is 1. The molecule has 0 bridgehead atoms. The Balaban J connectivity index is 2.19. The van der Waals surface area contributed by atoms with Crippen molar-refractivity contribution < 1.29 is 9.53 Å². The van der Waals surface area contributed by atoms with E-state index in [1.165, 1.54) is 18.5 Å². The van der Waals surface area contributed by atoms with Gasteiger partial charge in [0.25, 0.3) is 5.91 Å². The molecule has 2 aromatic rings. The Hall–Kier alpha value is -1.92. The maximum atomic E-state index is 12.5. The van der Waals surface area contributed by atoms with Crippen molar-refractivity contribution >= 4 is 17.2 Å². The Morgan fingerprint density at radius 3 is 2.95 bits per heavy atom. The molecule has 1 amide bonds. The number of aromatic nitrogens is 1. The van der Waals surface area contributed by atoms with E-state index in [0.29, 0.717) is 19.7 Å². The number of carbonyl (C=O) groups is 1. The van der Waals surface area contributed by atoms with Gasteiger partial charge in [-0.25, -0.2) is 0 Å². The Morgan fingerprint density at radius 2 is 2.30 bits per heavy atom. The lowest BCUT2D eigenvalue weighted by molar-refractivity contribution is 0.0681. The predicted octanol–water partition coefficient (Wildman–Crippen LogP) is 1.73. The molecule has 0 aliphatic carbocycles. The number of pyridine rings is 1. The molecule has 0 aliphatic heterocycles. The SMILES string of the molecule is COCCN(Cc1cccs1)C(=O)c1c[nH]ccc1=O. The number of amides is 1. The average molecular weight is 292 g/mol. The molecule has 106 valence electrons. The number of methoxy groups -OCH3 is 1. The highest BCUT2D eigenvalue weighted by Crippen LogP contribution is 2.13. The monoisotopic (exact) mass is 292 g/mol. The van der Waals surface area contributed by atoms with E-state index < -0.39 is 0 Å². The van der Waals surface area contributed by atoms with E-state index in [1.54, 1.807) is 23.3 Å². The van der Waals surface area contributed by atoms with Gasteiger partial charge in [-0.3, -0.25) is 9.59 Å². The highest BCUT2D eigenvalue weighted by molar-refractivity contribution is 7.09. The van der Waals surface area contributed by atoms with Gasteiger partial charge in [-0.15, -0.1) is 11.3 Å². The summed E-state index contributed by atoms with van der Waals surface area (Å²) in [6, 6.07) is 5.26. The molecular formula is C14H16N2O3S. The lowest BCUT2D eigenvalue weighted by Crippen LogP contribution is -2.35. The van der Waals surface area contributed by atoms with Crippen molar-refractivity contribution in [2.75, 3.05) is 20.3 Å². The smallest absolute Gasteiger partial charge is 0.259 e. The fourth-order valence-corrected chi connectivity index (χ4v) is 2.52. The van der Waals surface area contributed by atoms with E-state index in [4.69, 9.17) is 4.74 Å². The second-order valence-corrected chi connectivity index (χ2v) is 5.25. The summed E-state index contributed by atoms with van der Waals surface area (Å²) in [4.78, 5) is 29.7. The zero-order chi connectivity index (χ0) is 14.4. The molecule has 1 N–H and O–H groups in total. The summed E-state index contributed by atoms with van der Waals surface area (Å²) >= 11 is 1.58. The van der Waals surface area contributed by atoms with Gasteiger partial charge in [-0.1, -0.05) is 6.07 Å². The molecule has 0 saturated carbocycles. The predicted molar refractivity (Wildman–Crippen MR) is 78.0 cm³/mol. The van der Waals surface area contributed by atoms with Gasteiger partial charge in [0.15, 0.2) is 5.43 Å². The summed E-state index contributed by atoms with van der Waals surface area (Å²) in [6.07, 6.45) is 2.96. The molecule has 20 heavy (non-hydrogen) atoms. The first-order valence-electron chi connectivity index (χ1n) is 6.20. The van der Waals surface area contributed by atoms with Crippen LogP contribution < -0.4 is 5.43 Å². The standard InChI is InChI=1S/C14H16N2O3S/c1-19-7-6-16(10-11-3-2-8-20-11)14(18)12-9-15-5-4-13(12)17/h2-5,8-9H,6-7,10H2,1H3,(H,15,17). The Morgan fingerprint density at radius 1 is 1.45 bits per heavy atom. The highest BCUT2D eigenvalue weighted by Gasteiger charge is 2.18. The van der Waals surface area contributed by atoms with E-state index in [1.807, 2.05) is 17.5 Å². The summed E-state index contributed by atoms with van der Waals surface area (Å²) in [5.74, 6) is -0.280. The maximum Gasteiger partial charge on any atom is 0.259 e. The van der Waals surface area contributed by atoms with E-state index in [0.717, 1.165) is 4.88 Å². The minimum Gasteiger partial charge on any atom is -0.383 e.